The minimum atomic E-state index is -4.08. The minimum absolute atomic E-state index is 0. The lowest BCUT2D eigenvalue weighted by Crippen LogP contribution is -2.56. The van der Waals surface area contributed by atoms with Crippen molar-refractivity contribution in [2.24, 2.45) is 0 Å². The van der Waals surface area contributed by atoms with E-state index in [-0.39, 0.29) is 24.5 Å². The van der Waals surface area contributed by atoms with Crippen molar-refractivity contribution in [3.05, 3.63) is 0 Å². The second-order valence-electron chi connectivity index (χ2n) is 3.70. The SMILES string of the molecule is CC1CN(CC(F)(F)F)C(C)CN1.Cl. The molecule has 0 spiro atoms. The molecular formula is C8H16ClF3N2. The molecule has 0 saturated carbocycles. The smallest absolute Gasteiger partial charge is 0.311 e. The Morgan fingerprint density at radius 3 is 2.43 bits per heavy atom. The van der Waals surface area contributed by atoms with Gasteiger partial charge in [-0.2, -0.15) is 13.2 Å². The predicted octanol–water partition coefficient (Wildman–Crippen LogP) is 1.65. The molecule has 1 fully saturated rings. The van der Waals surface area contributed by atoms with E-state index in [1.165, 1.54) is 4.90 Å². The molecule has 14 heavy (non-hydrogen) atoms. The van der Waals surface area contributed by atoms with E-state index in [0.717, 1.165) is 0 Å². The molecule has 2 nitrogen and oxygen atoms in total. The molecular weight excluding hydrogens is 217 g/mol. The zero-order chi connectivity index (χ0) is 10.1. The molecule has 0 bridgehead atoms. The maximum Gasteiger partial charge on any atom is 0.401 e. The van der Waals surface area contributed by atoms with Gasteiger partial charge in [-0.1, -0.05) is 0 Å². The highest BCUT2D eigenvalue weighted by Gasteiger charge is 2.34. The number of piperazine rings is 1. The Bertz CT molecular complexity index is 174. The molecule has 1 rings (SSSR count). The molecule has 1 saturated heterocycles. The summed E-state index contributed by atoms with van der Waals surface area (Å²) >= 11 is 0. The summed E-state index contributed by atoms with van der Waals surface area (Å²) in [5.41, 5.74) is 0. The van der Waals surface area contributed by atoms with E-state index in [0.29, 0.717) is 13.1 Å². The maximum atomic E-state index is 12.1. The molecule has 0 radical (unpaired) electrons. The highest BCUT2D eigenvalue weighted by molar-refractivity contribution is 5.85. The average Bonchev–Trinajstić information content (AvgIpc) is 1.94. The van der Waals surface area contributed by atoms with E-state index in [9.17, 15) is 13.2 Å². The van der Waals surface area contributed by atoms with E-state index < -0.39 is 12.7 Å². The van der Waals surface area contributed by atoms with Crippen LogP contribution in [0.1, 0.15) is 13.8 Å². The average molecular weight is 233 g/mol. The van der Waals surface area contributed by atoms with E-state index >= 15 is 0 Å². The van der Waals surface area contributed by atoms with Crippen molar-refractivity contribution in [1.82, 2.24) is 10.2 Å². The van der Waals surface area contributed by atoms with Gasteiger partial charge in [0.1, 0.15) is 0 Å². The lowest BCUT2D eigenvalue weighted by Gasteiger charge is -2.37. The van der Waals surface area contributed by atoms with Crippen LogP contribution in [-0.2, 0) is 0 Å². The van der Waals surface area contributed by atoms with Crippen LogP contribution in [0.15, 0.2) is 0 Å². The van der Waals surface area contributed by atoms with Crippen LogP contribution in [0, 0.1) is 0 Å². The summed E-state index contributed by atoms with van der Waals surface area (Å²) in [5.74, 6) is 0. The number of halogens is 4. The molecule has 0 aromatic rings. The summed E-state index contributed by atoms with van der Waals surface area (Å²) in [5, 5.41) is 3.14. The lowest BCUT2D eigenvalue weighted by atomic mass is 10.1. The quantitative estimate of drug-likeness (QED) is 0.740. The number of nitrogens with one attached hydrogen (secondary N) is 1. The summed E-state index contributed by atoms with van der Waals surface area (Å²) < 4.78 is 36.2. The van der Waals surface area contributed by atoms with Gasteiger partial charge in [0, 0.05) is 25.2 Å². The Hall–Kier alpha value is 0. The van der Waals surface area contributed by atoms with Gasteiger partial charge >= 0.3 is 6.18 Å². The van der Waals surface area contributed by atoms with Crippen LogP contribution >= 0.6 is 12.4 Å². The highest BCUT2D eigenvalue weighted by Crippen LogP contribution is 2.19. The van der Waals surface area contributed by atoms with Gasteiger partial charge in [-0.3, -0.25) is 4.90 Å². The monoisotopic (exact) mass is 232 g/mol. The summed E-state index contributed by atoms with van der Waals surface area (Å²) in [6, 6.07) is 0.122. The first-order chi connectivity index (χ1) is 5.88. The normalized spacial score (nSPS) is 29.8. The van der Waals surface area contributed by atoms with Crippen molar-refractivity contribution in [3.63, 3.8) is 0 Å². The maximum absolute atomic E-state index is 12.1. The third-order valence-corrected chi connectivity index (χ3v) is 2.28. The summed E-state index contributed by atoms with van der Waals surface area (Å²) in [6.45, 7) is 4.03. The van der Waals surface area contributed by atoms with Gasteiger partial charge < -0.3 is 5.32 Å². The van der Waals surface area contributed by atoms with Crippen LogP contribution in [0.4, 0.5) is 13.2 Å². The summed E-state index contributed by atoms with van der Waals surface area (Å²) in [4.78, 5) is 1.47. The molecule has 0 aliphatic carbocycles. The topological polar surface area (TPSA) is 15.3 Å². The van der Waals surface area contributed by atoms with Gasteiger partial charge in [0.15, 0.2) is 0 Å². The predicted molar refractivity (Wildman–Crippen MR) is 51.8 cm³/mol. The lowest BCUT2D eigenvalue weighted by molar-refractivity contribution is -0.152. The van der Waals surface area contributed by atoms with Gasteiger partial charge in [0.05, 0.1) is 6.54 Å². The molecule has 0 aromatic carbocycles. The number of nitrogens with zero attached hydrogens (tertiary/aromatic N) is 1. The van der Waals surface area contributed by atoms with Crippen LogP contribution in [0.5, 0.6) is 0 Å². The molecule has 6 heteroatoms. The van der Waals surface area contributed by atoms with E-state index in [2.05, 4.69) is 5.32 Å². The van der Waals surface area contributed by atoms with Crippen LogP contribution in [-0.4, -0.2) is 42.8 Å². The third kappa shape index (κ3) is 4.48. The molecule has 2 unspecified atom stereocenters. The second-order valence-corrected chi connectivity index (χ2v) is 3.70. The molecule has 1 heterocycles. The fourth-order valence-corrected chi connectivity index (χ4v) is 1.55. The van der Waals surface area contributed by atoms with Crippen molar-refractivity contribution in [3.8, 4) is 0 Å². The first-order valence-corrected chi connectivity index (χ1v) is 4.42. The van der Waals surface area contributed by atoms with Gasteiger partial charge in [-0.05, 0) is 13.8 Å². The minimum Gasteiger partial charge on any atom is -0.311 e. The Morgan fingerprint density at radius 1 is 1.36 bits per heavy atom. The molecule has 1 N–H and O–H groups in total. The van der Waals surface area contributed by atoms with Gasteiger partial charge in [-0.15, -0.1) is 12.4 Å². The van der Waals surface area contributed by atoms with Gasteiger partial charge in [0.2, 0.25) is 0 Å². The summed E-state index contributed by atoms with van der Waals surface area (Å²) in [6.07, 6.45) is -4.08. The fraction of sp³-hybridized carbons (Fsp3) is 1.00. The van der Waals surface area contributed by atoms with Crippen LogP contribution in [0.3, 0.4) is 0 Å². The van der Waals surface area contributed by atoms with Gasteiger partial charge in [-0.25, -0.2) is 0 Å². The number of hydrogen-bond donors (Lipinski definition) is 1. The van der Waals surface area contributed by atoms with Crippen molar-refractivity contribution in [2.45, 2.75) is 32.1 Å². The molecule has 1 aliphatic heterocycles. The van der Waals surface area contributed by atoms with Gasteiger partial charge in [0.25, 0.3) is 0 Å². The first-order valence-electron chi connectivity index (χ1n) is 4.42. The standard InChI is InChI=1S/C8H15F3N2.ClH/c1-6-4-13(5-8(9,10)11)7(2)3-12-6;/h6-7,12H,3-5H2,1-2H3;1H. The van der Waals surface area contributed by atoms with E-state index in [1.807, 2.05) is 13.8 Å². The van der Waals surface area contributed by atoms with Crippen molar-refractivity contribution in [2.75, 3.05) is 19.6 Å². The number of rotatable bonds is 1. The summed E-state index contributed by atoms with van der Waals surface area (Å²) in [7, 11) is 0. The van der Waals surface area contributed by atoms with E-state index in [1.54, 1.807) is 0 Å². The van der Waals surface area contributed by atoms with Crippen molar-refractivity contribution in [1.29, 1.82) is 0 Å². The zero-order valence-electron chi connectivity index (χ0n) is 8.27. The molecule has 2 atom stereocenters. The Balaban J connectivity index is 0.00000169. The Kier molecular flexibility index (Phi) is 5.19. The molecule has 86 valence electrons. The fourth-order valence-electron chi connectivity index (χ4n) is 1.55. The van der Waals surface area contributed by atoms with Crippen LogP contribution < -0.4 is 5.32 Å². The molecule has 0 aromatic heterocycles. The molecule has 0 amide bonds. The Morgan fingerprint density at radius 2 is 1.93 bits per heavy atom. The first kappa shape index (κ1) is 14.0. The number of hydrogen-bond acceptors (Lipinski definition) is 2. The molecule has 1 aliphatic rings. The third-order valence-electron chi connectivity index (χ3n) is 2.28. The van der Waals surface area contributed by atoms with Crippen molar-refractivity contribution >= 4 is 12.4 Å². The zero-order valence-corrected chi connectivity index (χ0v) is 9.08. The second kappa shape index (κ2) is 5.19. The number of alkyl halides is 3. The van der Waals surface area contributed by atoms with Crippen LogP contribution in [0.25, 0.3) is 0 Å². The Labute approximate surface area is 88.2 Å². The largest absolute Gasteiger partial charge is 0.401 e. The van der Waals surface area contributed by atoms with Crippen LogP contribution in [0.2, 0.25) is 0 Å². The highest BCUT2D eigenvalue weighted by atomic mass is 35.5. The van der Waals surface area contributed by atoms with Crippen molar-refractivity contribution < 1.29 is 13.2 Å². The van der Waals surface area contributed by atoms with E-state index in [4.69, 9.17) is 0 Å².